The summed E-state index contributed by atoms with van der Waals surface area (Å²) >= 11 is 5.79. The van der Waals surface area contributed by atoms with E-state index in [1.54, 1.807) is 20.8 Å². The van der Waals surface area contributed by atoms with E-state index in [0.717, 1.165) is 6.07 Å². The molecule has 0 aliphatic rings. The number of carbonyl (C=O) groups is 1. The predicted octanol–water partition coefficient (Wildman–Crippen LogP) is 3.07. The number of benzene rings is 1. The highest BCUT2D eigenvalue weighted by Gasteiger charge is 2.30. The van der Waals surface area contributed by atoms with E-state index in [2.05, 4.69) is 0 Å². The summed E-state index contributed by atoms with van der Waals surface area (Å²) in [6, 6.07) is 3.52. The number of aliphatic hydroxyl groups is 1. The van der Waals surface area contributed by atoms with Crippen LogP contribution in [0.2, 0.25) is 5.02 Å². The molecule has 16 heavy (non-hydrogen) atoms. The lowest BCUT2D eigenvalue weighted by Crippen LogP contribution is -2.34. The monoisotopic (exact) mass is 244 g/mol. The lowest BCUT2D eigenvalue weighted by atomic mass is 9.84. The van der Waals surface area contributed by atoms with Crippen molar-refractivity contribution in [2.45, 2.75) is 26.9 Å². The Labute approximate surface area is 99.0 Å². The van der Waals surface area contributed by atoms with Crippen LogP contribution in [0.25, 0.3) is 0 Å². The van der Waals surface area contributed by atoms with Gasteiger partial charge in [0.1, 0.15) is 11.9 Å². The average molecular weight is 245 g/mol. The number of halogens is 2. The predicted molar refractivity (Wildman–Crippen MR) is 61.2 cm³/mol. The van der Waals surface area contributed by atoms with Gasteiger partial charge in [-0.1, -0.05) is 32.4 Å². The molecule has 4 heteroatoms. The van der Waals surface area contributed by atoms with E-state index in [1.807, 2.05) is 0 Å². The summed E-state index contributed by atoms with van der Waals surface area (Å²) in [6.07, 6.45) is -1.20. The molecule has 1 aromatic carbocycles. The summed E-state index contributed by atoms with van der Waals surface area (Å²) in [5.74, 6) is -1.11. The number of hydrogen-bond acceptors (Lipinski definition) is 2. The van der Waals surface area contributed by atoms with E-state index in [1.165, 1.54) is 12.1 Å². The normalized spacial score (nSPS) is 13.6. The highest BCUT2D eigenvalue weighted by Crippen LogP contribution is 2.26. The Bertz CT molecular complexity index is 410. The highest BCUT2D eigenvalue weighted by atomic mass is 35.5. The zero-order valence-corrected chi connectivity index (χ0v) is 10.2. The van der Waals surface area contributed by atoms with Crippen LogP contribution >= 0.6 is 11.6 Å². The van der Waals surface area contributed by atoms with Crippen molar-refractivity contribution in [3.8, 4) is 0 Å². The Hall–Kier alpha value is -0.930. The van der Waals surface area contributed by atoms with Gasteiger partial charge >= 0.3 is 0 Å². The number of hydrogen-bond donors (Lipinski definition) is 1. The first-order valence-electron chi connectivity index (χ1n) is 4.91. The summed E-state index contributed by atoms with van der Waals surface area (Å²) in [5, 5.41) is 9.94. The Morgan fingerprint density at radius 3 is 2.50 bits per heavy atom. The van der Waals surface area contributed by atoms with Gasteiger partial charge in [-0.15, -0.1) is 0 Å². The molecule has 0 heterocycles. The first kappa shape index (κ1) is 13.1. The van der Waals surface area contributed by atoms with Gasteiger partial charge in [-0.2, -0.15) is 0 Å². The molecule has 1 atom stereocenters. The summed E-state index contributed by atoms with van der Waals surface area (Å²) in [5.41, 5.74) is -0.587. The van der Waals surface area contributed by atoms with Crippen LogP contribution in [0.15, 0.2) is 18.2 Å². The van der Waals surface area contributed by atoms with E-state index in [-0.39, 0.29) is 10.6 Å². The molecule has 88 valence electrons. The van der Waals surface area contributed by atoms with E-state index in [9.17, 15) is 14.3 Å². The van der Waals surface area contributed by atoms with Gasteiger partial charge in [-0.25, -0.2) is 4.39 Å². The number of Topliss-reactive ketones (excluding diaryl/α,β-unsaturated/α-hetero) is 1. The largest absolute Gasteiger partial charge is 0.384 e. The minimum absolute atomic E-state index is 0.0177. The van der Waals surface area contributed by atoms with Crippen LogP contribution in [0.1, 0.15) is 31.1 Å². The maximum Gasteiger partial charge on any atom is 0.193 e. The second-order valence-electron chi connectivity index (χ2n) is 4.76. The number of ketones is 1. The second kappa shape index (κ2) is 4.52. The zero-order valence-electron chi connectivity index (χ0n) is 9.42. The second-order valence-corrected chi connectivity index (χ2v) is 5.16. The minimum atomic E-state index is -1.20. The third kappa shape index (κ3) is 2.80. The van der Waals surface area contributed by atoms with Crippen molar-refractivity contribution < 1.29 is 14.3 Å². The van der Waals surface area contributed by atoms with E-state index < -0.39 is 23.1 Å². The fraction of sp³-hybridized carbons (Fsp3) is 0.417. The molecular weight excluding hydrogens is 231 g/mol. The van der Waals surface area contributed by atoms with Gasteiger partial charge in [0.15, 0.2) is 5.78 Å². The van der Waals surface area contributed by atoms with Crippen molar-refractivity contribution in [2.75, 3.05) is 0 Å². The Kier molecular flexibility index (Phi) is 3.71. The van der Waals surface area contributed by atoms with Crippen molar-refractivity contribution in [1.82, 2.24) is 0 Å². The summed E-state index contributed by atoms with van der Waals surface area (Å²) in [6.45, 7) is 5.17. The van der Waals surface area contributed by atoms with E-state index in [4.69, 9.17) is 11.6 Å². The number of aliphatic hydroxyl groups excluding tert-OH is 1. The van der Waals surface area contributed by atoms with Crippen molar-refractivity contribution >= 4 is 17.4 Å². The molecule has 0 aromatic heterocycles. The summed E-state index contributed by atoms with van der Waals surface area (Å²) in [4.78, 5) is 11.9. The molecule has 0 saturated heterocycles. The molecular formula is C12H14ClFO2. The average Bonchev–Trinajstić information content (AvgIpc) is 2.18. The van der Waals surface area contributed by atoms with Crippen molar-refractivity contribution in [3.05, 3.63) is 34.6 Å². The molecule has 0 aliphatic carbocycles. The molecule has 0 aliphatic heterocycles. The summed E-state index contributed by atoms with van der Waals surface area (Å²) < 4.78 is 13.0. The molecule has 0 bridgehead atoms. The van der Waals surface area contributed by atoms with Crippen LogP contribution in [0.4, 0.5) is 4.39 Å². The van der Waals surface area contributed by atoms with Crippen molar-refractivity contribution in [3.63, 3.8) is 0 Å². The number of carbonyl (C=O) groups excluding carboxylic acids is 1. The van der Waals surface area contributed by atoms with Gasteiger partial charge in [-0.05, 0) is 23.6 Å². The fourth-order valence-corrected chi connectivity index (χ4v) is 1.44. The molecule has 0 radical (unpaired) electrons. The smallest absolute Gasteiger partial charge is 0.193 e. The van der Waals surface area contributed by atoms with Gasteiger partial charge in [0.25, 0.3) is 0 Å². The molecule has 1 N–H and O–H groups in total. The first-order chi connectivity index (χ1) is 7.23. The Morgan fingerprint density at radius 1 is 1.44 bits per heavy atom. The Balaban J connectivity index is 3.10. The molecule has 0 spiro atoms. The van der Waals surface area contributed by atoms with Crippen LogP contribution in [0, 0.1) is 11.2 Å². The van der Waals surface area contributed by atoms with E-state index >= 15 is 0 Å². The van der Waals surface area contributed by atoms with Crippen molar-refractivity contribution in [1.29, 1.82) is 0 Å². The SMILES string of the molecule is CC(C)(C)C(O)C(=O)c1cc(F)ccc1Cl. The van der Waals surface area contributed by atoms with Gasteiger partial charge in [0.2, 0.25) is 0 Å². The maximum atomic E-state index is 13.0. The highest BCUT2D eigenvalue weighted by molar-refractivity contribution is 6.34. The molecule has 0 saturated carbocycles. The lowest BCUT2D eigenvalue weighted by Gasteiger charge is -2.24. The molecule has 2 nitrogen and oxygen atoms in total. The molecule has 1 unspecified atom stereocenters. The van der Waals surface area contributed by atoms with Crippen LogP contribution in [-0.4, -0.2) is 17.0 Å². The van der Waals surface area contributed by atoms with E-state index in [0.29, 0.717) is 0 Å². The third-order valence-corrected chi connectivity index (χ3v) is 2.59. The molecule has 1 rings (SSSR count). The van der Waals surface area contributed by atoms with Crippen LogP contribution in [0.5, 0.6) is 0 Å². The van der Waals surface area contributed by atoms with Crippen molar-refractivity contribution in [2.24, 2.45) is 5.41 Å². The maximum absolute atomic E-state index is 13.0. The zero-order chi connectivity index (χ0) is 12.5. The molecule has 0 amide bonds. The van der Waals surface area contributed by atoms with Gasteiger partial charge in [-0.3, -0.25) is 4.79 Å². The molecule has 0 fully saturated rings. The molecule has 1 aromatic rings. The Morgan fingerprint density at radius 2 is 2.00 bits per heavy atom. The van der Waals surface area contributed by atoms with Crippen LogP contribution in [0.3, 0.4) is 0 Å². The third-order valence-electron chi connectivity index (χ3n) is 2.26. The number of rotatable bonds is 2. The van der Waals surface area contributed by atoms with Crippen LogP contribution < -0.4 is 0 Å². The summed E-state index contributed by atoms with van der Waals surface area (Å²) in [7, 11) is 0. The minimum Gasteiger partial charge on any atom is -0.384 e. The van der Waals surface area contributed by atoms with Gasteiger partial charge in [0, 0.05) is 5.56 Å². The quantitative estimate of drug-likeness (QED) is 0.812. The van der Waals surface area contributed by atoms with Gasteiger partial charge in [0.05, 0.1) is 5.02 Å². The lowest BCUT2D eigenvalue weighted by molar-refractivity contribution is 0.0442. The topological polar surface area (TPSA) is 37.3 Å². The van der Waals surface area contributed by atoms with Gasteiger partial charge < -0.3 is 5.11 Å². The fourth-order valence-electron chi connectivity index (χ4n) is 1.23. The first-order valence-corrected chi connectivity index (χ1v) is 5.28. The van der Waals surface area contributed by atoms with Crippen LogP contribution in [-0.2, 0) is 0 Å². The standard InChI is InChI=1S/C12H14ClFO2/c1-12(2,3)11(16)10(15)8-6-7(14)4-5-9(8)13/h4-6,11,16H,1-3H3.